The van der Waals surface area contributed by atoms with Gasteiger partial charge in [-0.05, 0) is 45.1 Å². The third-order valence-electron chi connectivity index (χ3n) is 7.31. The van der Waals surface area contributed by atoms with Gasteiger partial charge in [-0.25, -0.2) is 8.78 Å². The lowest BCUT2D eigenvalue weighted by atomic mass is 9.71. The molecule has 1 saturated carbocycles. The summed E-state index contributed by atoms with van der Waals surface area (Å²) < 4.78 is 29.8. The second kappa shape index (κ2) is 10.5. The zero-order chi connectivity index (χ0) is 26.0. The van der Waals surface area contributed by atoms with E-state index in [4.69, 9.17) is 11.6 Å². The van der Waals surface area contributed by atoms with Gasteiger partial charge in [-0.1, -0.05) is 11.6 Å². The normalized spacial score (nSPS) is 28.4. The minimum absolute atomic E-state index is 0.0823. The van der Waals surface area contributed by atoms with E-state index >= 15 is 0 Å². The van der Waals surface area contributed by atoms with Crippen LogP contribution in [0.3, 0.4) is 0 Å². The fraction of sp³-hybridized carbons (Fsp3) is 0.625. The standard InChI is InChI=1S/C24H29ClF2N6O3/c1-13(31-17-8-15(25)11-29-12-17)23(36)33-18-4-5-19(24(26,27)9-18)20(33)22(35)32-16(10-28)7-14-3-2-6-30-21(14)34/h8,11-14,16,18-20,31H,2-7,9H2,1H3,(H,30,34)(H,32,35)/t13-,14-,16+,18+,19+,20-/m0/s1. The molecule has 6 atom stereocenters. The maximum atomic E-state index is 14.9. The molecule has 0 spiro atoms. The molecule has 0 unspecified atom stereocenters. The average molecular weight is 523 g/mol. The van der Waals surface area contributed by atoms with E-state index in [9.17, 15) is 28.4 Å². The van der Waals surface area contributed by atoms with Gasteiger partial charge in [-0.2, -0.15) is 5.26 Å². The Hall–Kier alpha value is -3.00. The van der Waals surface area contributed by atoms with Crippen molar-refractivity contribution in [1.82, 2.24) is 20.5 Å². The molecular formula is C24H29ClF2N6O3. The predicted octanol–water partition coefficient (Wildman–Crippen LogP) is 2.47. The first kappa shape index (κ1) is 26.1. The monoisotopic (exact) mass is 522 g/mol. The molecule has 3 aliphatic heterocycles. The van der Waals surface area contributed by atoms with Gasteiger partial charge in [-0.15, -0.1) is 0 Å². The first-order chi connectivity index (χ1) is 17.1. The molecule has 1 aliphatic carbocycles. The number of fused-ring (bicyclic) bond motifs is 3. The highest BCUT2D eigenvalue weighted by Crippen LogP contribution is 2.49. The van der Waals surface area contributed by atoms with E-state index in [0.717, 1.165) is 6.42 Å². The zero-order valence-corrected chi connectivity index (χ0v) is 20.6. The summed E-state index contributed by atoms with van der Waals surface area (Å²) in [5.41, 5.74) is 0.479. The fourth-order valence-electron chi connectivity index (χ4n) is 5.60. The number of anilines is 1. The van der Waals surface area contributed by atoms with Crippen LogP contribution in [0.4, 0.5) is 14.5 Å². The van der Waals surface area contributed by atoms with Gasteiger partial charge >= 0.3 is 0 Å². The smallest absolute Gasteiger partial charge is 0.255 e. The van der Waals surface area contributed by atoms with E-state index in [1.807, 2.05) is 6.07 Å². The molecule has 3 N–H and O–H groups in total. The van der Waals surface area contributed by atoms with Crippen molar-refractivity contribution in [2.45, 2.75) is 75.5 Å². The number of aromatic nitrogens is 1. The van der Waals surface area contributed by atoms with Gasteiger partial charge in [-0.3, -0.25) is 19.4 Å². The first-order valence-electron chi connectivity index (χ1n) is 12.2. The van der Waals surface area contributed by atoms with Crippen molar-refractivity contribution in [2.24, 2.45) is 11.8 Å². The maximum Gasteiger partial charge on any atom is 0.255 e. The predicted molar refractivity (Wildman–Crippen MR) is 127 cm³/mol. The van der Waals surface area contributed by atoms with Gasteiger partial charge in [0.2, 0.25) is 17.7 Å². The van der Waals surface area contributed by atoms with Crippen LogP contribution in [0.2, 0.25) is 5.02 Å². The van der Waals surface area contributed by atoms with E-state index < -0.39 is 60.2 Å². The molecule has 0 aromatic carbocycles. The third-order valence-corrected chi connectivity index (χ3v) is 7.52. The summed E-state index contributed by atoms with van der Waals surface area (Å²) in [7, 11) is 0. The number of halogens is 3. The topological polar surface area (TPSA) is 127 Å². The molecule has 3 amide bonds. The van der Waals surface area contributed by atoms with Crippen LogP contribution in [0.1, 0.15) is 45.4 Å². The molecule has 12 heteroatoms. The molecule has 0 radical (unpaired) electrons. The van der Waals surface area contributed by atoms with E-state index in [2.05, 4.69) is 20.9 Å². The molecule has 4 heterocycles. The molecule has 194 valence electrons. The minimum Gasteiger partial charge on any atom is -0.373 e. The Morgan fingerprint density at radius 3 is 2.81 bits per heavy atom. The number of carbonyl (C=O) groups is 3. The summed E-state index contributed by atoms with van der Waals surface area (Å²) in [4.78, 5) is 44.2. The van der Waals surface area contributed by atoms with Crippen LogP contribution < -0.4 is 16.0 Å². The molecule has 2 bridgehead atoms. The highest BCUT2D eigenvalue weighted by atomic mass is 35.5. The number of hydrogen-bond donors (Lipinski definition) is 3. The number of nitrogens with zero attached hydrogens (tertiary/aromatic N) is 3. The van der Waals surface area contributed by atoms with Gasteiger partial charge in [0, 0.05) is 31.1 Å². The number of rotatable bonds is 7. The number of nitrogens with one attached hydrogen (secondary N) is 3. The summed E-state index contributed by atoms with van der Waals surface area (Å²) in [5.74, 6) is -6.39. The fourth-order valence-corrected chi connectivity index (χ4v) is 5.77. The lowest BCUT2D eigenvalue weighted by Crippen LogP contribution is -2.70. The highest BCUT2D eigenvalue weighted by molar-refractivity contribution is 6.30. The highest BCUT2D eigenvalue weighted by Gasteiger charge is 2.60. The molecule has 9 nitrogen and oxygen atoms in total. The second-order valence-corrected chi connectivity index (χ2v) is 10.2. The second-order valence-electron chi connectivity index (χ2n) is 9.81. The quantitative estimate of drug-likeness (QED) is 0.505. The Labute approximate surface area is 212 Å². The zero-order valence-electron chi connectivity index (χ0n) is 19.8. The van der Waals surface area contributed by atoms with Crippen molar-refractivity contribution in [1.29, 1.82) is 5.26 Å². The number of piperidine rings is 3. The number of pyridine rings is 1. The summed E-state index contributed by atoms with van der Waals surface area (Å²) >= 11 is 5.96. The largest absolute Gasteiger partial charge is 0.373 e. The first-order valence-corrected chi connectivity index (χ1v) is 12.5. The van der Waals surface area contributed by atoms with Crippen LogP contribution >= 0.6 is 11.6 Å². The van der Waals surface area contributed by atoms with Gasteiger partial charge in [0.05, 0.1) is 28.9 Å². The van der Waals surface area contributed by atoms with E-state index in [-0.39, 0.29) is 18.7 Å². The Morgan fingerprint density at radius 2 is 2.14 bits per heavy atom. The van der Waals surface area contributed by atoms with Gasteiger partial charge in [0.15, 0.2) is 0 Å². The van der Waals surface area contributed by atoms with E-state index in [1.165, 1.54) is 17.3 Å². The Balaban J connectivity index is 1.52. The van der Waals surface area contributed by atoms with Gasteiger partial charge in [0.25, 0.3) is 5.92 Å². The summed E-state index contributed by atoms with van der Waals surface area (Å²) in [6.07, 6.45) is 4.30. The van der Waals surface area contributed by atoms with Crippen molar-refractivity contribution in [3.8, 4) is 6.07 Å². The Morgan fingerprint density at radius 1 is 1.36 bits per heavy atom. The Kier molecular flexibility index (Phi) is 7.64. The number of nitriles is 1. The number of alkyl halides is 2. The lowest BCUT2D eigenvalue weighted by Gasteiger charge is -2.54. The molecule has 4 fully saturated rings. The van der Waals surface area contributed by atoms with Crippen LogP contribution in [0.5, 0.6) is 0 Å². The Bertz CT molecular complexity index is 1070. The summed E-state index contributed by atoms with van der Waals surface area (Å²) in [5, 5.41) is 18.3. The van der Waals surface area contributed by atoms with Crippen LogP contribution in [0.25, 0.3) is 0 Å². The van der Waals surface area contributed by atoms with E-state index in [1.54, 1.807) is 13.0 Å². The lowest BCUT2D eigenvalue weighted by molar-refractivity contribution is -0.194. The van der Waals surface area contributed by atoms with Crippen LogP contribution in [0, 0.1) is 23.2 Å². The van der Waals surface area contributed by atoms with Crippen LogP contribution in [-0.4, -0.2) is 64.2 Å². The van der Waals surface area contributed by atoms with E-state index in [0.29, 0.717) is 30.1 Å². The minimum atomic E-state index is -3.11. The molecular weight excluding hydrogens is 494 g/mol. The van der Waals surface area contributed by atoms with Crippen molar-refractivity contribution < 1.29 is 23.2 Å². The van der Waals surface area contributed by atoms with Gasteiger partial charge < -0.3 is 20.9 Å². The van der Waals surface area contributed by atoms with Crippen molar-refractivity contribution >= 4 is 35.0 Å². The maximum absolute atomic E-state index is 14.9. The van der Waals surface area contributed by atoms with Crippen LogP contribution in [0.15, 0.2) is 18.5 Å². The summed E-state index contributed by atoms with van der Waals surface area (Å²) in [6.45, 7) is 2.14. The molecule has 1 aromatic rings. The number of hydrogen-bond acceptors (Lipinski definition) is 6. The van der Waals surface area contributed by atoms with Crippen molar-refractivity contribution in [3.63, 3.8) is 0 Å². The molecule has 5 rings (SSSR count). The SMILES string of the molecule is C[C@H](Nc1cncc(Cl)c1)C(=O)N1[C@@H]2CC[C@H]([C@H]1C(=O)N[C@@H](C#N)C[C@@H]1CCCNC1=O)C(F)(F)C2. The van der Waals surface area contributed by atoms with Gasteiger partial charge in [0.1, 0.15) is 18.1 Å². The van der Waals surface area contributed by atoms with Crippen molar-refractivity contribution in [2.75, 3.05) is 11.9 Å². The summed E-state index contributed by atoms with van der Waals surface area (Å²) in [6, 6.07) is -0.547. The number of carbonyl (C=O) groups excluding carboxylic acids is 3. The molecule has 4 aliphatic rings. The number of amides is 3. The molecule has 36 heavy (non-hydrogen) atoms. The molecule has 1 aromatic heterocycles. The van der Waals surface area contributed by atoms with Crippen LogP contribution in [-0.2, 0) is 14.4 Å². The van der Waals surface area contributed by atoms with Crippen molar-refractivity contribution in [3.05, 3.63) is 23.5 Å². The third kappa shape index (κ3) is 5.38. The molecule has 3 saturated heterocycles. The average Bonchev–Trinajstić information content (AvgIpc) is 2.83.